The molecular weight excluding hydrogens is 273 g/mol. The van der Waals surface area contributed by atoms with E-state index in [1.807, 2.05) is 10.8 Å². The van der Waals surface area contributed by atoms with Crippen LogP contribution in [0.25, 0.3) is 0 Å². The molecule has 0 spiro atoms. The van der Waals surface area contributed by atoms with Gasteiger partial charge in [-0.25, -0.2) is 4.98 Å². The Hall–Kier alpha value is -1.39. The molecule has 0 fully saturated rings. The molecule has 0 aliphatic heterocycles. The first kappa shape index (κ1) is 13.1. The van der Waals surface area contributed by atoms with Crippen molar-refractivity contribution in [2.24, 2.45) is 5.18 Å². The minimum absolute atomic E-state index is 0.429. The van der Waals surface area contributed by atoms with Crippen molar-refractivity contribution in [1.29, 1.82) is 0 Å². The minimum atomic E-state index is -0.429. The van der Waals surface area contributed by atoms with E-state index in [4.69, 9.17) is 23.2 Å². The van der Waals surface area contributed by atoms with Crippen LogP contribution >= 0.6 is 23.2 Å². The summed E-state index contributed by atoms with van der Waals surface area (Å²) in [5.41, 5.74) is 0.777. The van der Waals surface area contributed by atoms with Gasteiger partial charge < -0.3 is 4.57 Å². The van der Waals surface area contributed by atoms with Crippen LogP contribution < -0.4 is 0 Å². The Bertz CT molecular complexity index is 528. The van der Waals surface area contributed by atoms with Gasteiger partial charge in [0.15, 0.2) is 0 Å². The lowest BCUT2D eigenvalue weighted by Gasteiger charge is -2.10. The van der Waals surface area contributed by atoms with Crippen molar-refractivity contribution in [2.75, 3.05) is 0 Å². The number of nitroso groups, excluding NO2 is 1. The molecule has 1 heterocycles. The summed E-state index contributed by atoms with van der Waals surface area (Å²) in [7, 11) is 0. The maximum atomic E-state index is 10.9. The fraction of sp³-hybridized carbons (Fsp3) is 0.250. The standard InChI is InChI=1S/C12H11Cl2N3O/c13-10-2-1-9(7-11(10)14)12(16-18)3-5-17-6-4-15-8-17/h1-2,4,6-8,12H,3,5H2. The molecule has 0 radical (unpaired) electrons. The van der Waals surface area contributed by atoms with E-state index in [2.05, 4.69) is 10.2 Å². The topological polar surface area (TPSA) is 47.2 Å². The molecule has 0 aliphatic carbocycles. The summed E-state index contributed by atoms with van der Waals surface area (Å²) in [6.07, 6.45) is 5.84. The van der Waals surface area contributed by atoms with Gasteiger partial charge in [0.2, 0.25) is 0 Å². The fourth-order valence-electron chi connectivity index (χ4n) is 1.69. The molecule has 0 N–H and O–H groups in total. The highest BCUT2D eigenvalue weighted by atomic mass is 35.5. The Balaban J connectivity index is 2.08. The molecule has 2 aromatic rings. The van der Waals surface area contributed by atoms with E-state index in [0.29, 0.717) is 23.0 Å². The van der Waals surface area contributed by atoms with Crippen molar-refractivity contribution in [3.63, 3.8) is 0 Å². The molecule has 1 atom stereocenters. The molecule has 1 aromatic carbocycles. The number of imidazole rings is 1. The van der Waals surface area contributed by atoms with Crippen LogP contribution in [0.4, 0.5) is 0 Å². The van der Waals surface area contributed by atoms with Gasteiger partial charge in [-0.1, -0.05) is 34.4 Å². The zero-order chi connectivity index (χ0) is 13.0. The number of aromatic nitrogens is 2. The smallest absolute Gasteiger partial charge is 0.119 e. The largest absolute Gasteiger partial charge is 0.337 e. The van der Waals surface area contributed by atoms with Crippen molar-refractivity contribution in [2.45, 2.75) is 19.0 Å². The van der Waals surface area contributed by atoms with Gasteiger partial charge in [0, 0.05) is 18.9 Å². The van der Waals surface area contributed by atoms with Crippen molar-refractivity contribution in [3.05, 3.63) is 57.4 Å². The summed E-state index contributed by atoms with van der Waals surface area (Å²) < 4.78 is 1.90. The lowest BCUT2D eigenvalue weighted by atomic mass is 10.0. The molecule has 18 heavy (non-hydrogen) atoms. The highest BCUT2D eigenvalue weighted by Crippen LogP contribution is 2.29. The number of rotatable bonds is 5. The van der Waals surface area contributed by atoms with Crippen LogP contribution in [-0.2, 0) is 6.54 Å². The molecule has 0 amide bonds. The molecule has 0 saturated carbocycles. The van der Waals surface area contributed by atoms with Gasteiger partial charge in [0.05, 0.1) is 16.4 Å². The van der Waals surface area contributed by atoms with E-state index in [1.165, 1.54) is 0 Å². The van der Waals surface area contributed by atoms with Gasteiger partial charge in [0.1, 0.15) is 6.04 Å². The quantitative estimate of drug-likeness (QED) is 0.776. The van der Waals surface area contributed by atoms with Crippen LogP contribution in [-0.4, -0.2) is 9.55 Å². The van der Waals surface area contributed by atoms with Crippen molar-refractivity contribution >= 4 is 23.2 Å². The van der Waals surface area contributed by atoms with Crippen molar-refractivity contribution < 1.29 is 0 Å². The molecule has 6 heteroatoms. The predicted molar refractivity (Wildman–Crippen MR) is 71.8 cm³/mol. The van der Waals surface area contributed by atoms with Crippen LogP contribution in [0.2, 0.25) is 10.0 Å². The second kappa shape index (κ2) is 5.98. The van der Waals surface area contributed by atoms with Gasteiger partial charge in [0.25, 0.3) is 0 Å². The van der Waals surface area contributed by atoms with Crippen LogP contribution in [0.5, 0.6) is 0 Å². The minimum Gasteiger partial charge on any atom is -0.337 e. The first-order valence-corrected chi connectivity index (χ1v) is 6.19. The summed E-state index contributed by atoms with van der Waals surface area (Å²) in [5, 5.41) is 4.05. The Morgan fingerprint density at radius 3 is 2.78 bits per heavy atom. The normalized spacial score (nSPS) is 12.3. The lowest BCUT2D eigenvalue weighted by molar-refractivity contribution is 0.559. The molecule has 0 saturated heterocycles. The maximum Gasteiger partial charge on any atom is 0.119 e. The van der Waals surface area contributed by atoms with E-state index in [9.17, 15) is 4.91 Å². The Kier molecular flexibility index (Phi) is 4.33. The van der Waals surface area contributed by atoms with Gasteiger partial charge in [-0.05, 0) is 24.1 Å². The van der Waals surface area contributed by atoms with E-state index in [-0.39, 0.29) is 0 Å². The van der Waals surface area contributed by atoms with Crippen molar-refractivity contribution in [1.82, 2.24) is 9.55 Å². The zero-order valence-corrected chi connectivity index (χ0v) is 11.0. The average Bonchev–Trinajstić information content (AvgIpc) is 2.87. The van der Waals surface area contributed by atoms with E-state index in [1.54, 1.807) is 30.7 Å². The molecule has 0 bridgehead atoms. The summed E-state index contributed by atoms with van der Waals surface area (Å²) in [4.78, 5) is 14.9. The number of hydrogen-bond donors (Lipinski definition) is 0. The third kappa shape index (κ3) is 3.09. The summed E-state index contributed by atoms with van der Waals surface area (Å²) in [5.74, 6) is 0. The summed E-state index contributed by atoms with van der Waals surface area (Å²) in [6.45, 7) is 0.677. The van der Waals surface area contributed by atoms with Crippen LogP contribution in [0, 0.1) is 4.91 Å². The molecule has 1 aromatic heterocycles. The fourth-order valence-corrected chi connectivity index (χ4v) is 2.00. The van der Waals surface area contributed by atoms with E-state index in [0.717, 1.165) is 5.56 Å². The van der Waals surface area contributed by atoms with E-state index < -0.39 is 6.04 Å². The highest BCUT2D eigenvalue weighted by molar-refractivity contribution is 6.42. The van der Waals surface area contributed by atoms with Gasteiger partial charge in [-0.15, -0.1) is 0 Å². The highest BCUT2D eigenvalue weighted by Gasteiger charge is 2.13. The third-order valence-electron chi connectivity index (χ3n) is 2.68. The first-order valence-electron chi connectivity index (χ1n) is 5.44. The molecule has 4 nitrogen and oxygen atoms in total. The van der Waals surface area contributed by atoms with Crippen molar-refractivity contribution in [3.8, 4) is 0 Å². The van der Waals surface area contributed by atoms with Crippen LogP contribution in [0.3, 0.4) is 0 Å². The second-order valence-electron chi connectivity index (χ2n) is 3.88. The Morgan fingerprint density at radius 2 is 2.17 bits per heavy atom. The predicted octanol–water partition coefficient (Wildman–Crippen LogP) is 4.09. The SMILES string of the molecule is O=NC(CCn1ccnc1)c1ccc(Cl)c(Cl)c1. The Labute approximate surface area is 115 Å². The zero-order valence-electron chi connectivity index (χ0n) is 9.46. The number of hydrogen-bond acceptors (Lipinski definition) is 3. The molecule has 0 aliphatic rings. The lowest BCUT2D eigenvalue weighted by Crippen LogP contribution is -2.02. The molecular formula is C12H11Cl2N3O. The maximum absolute atomic E-state index is 10.9. The third-order valence-corrected chi connectivity index (χ3v) is 3.41. The summed E-state index contributed by atoms with van der Waals surface area (Å²) >= 11 is 11.8. The Morgan fingerprint density at radius 1 is 1.33 bits per heavy atom. The van der Waals surface area contributed by atoms with Gasteiger partial charge >= 0.3 is 0 Å². The number of benzene rings is 1. The summed E-state index contributed by atoms with van der Waals surface area (Å²) in [6, 6.07) is 4.70. The van der Waals surface area contributed by atoms with E-state index >= 15 is 0 Å². The molecule has 94 valence electrons. The van der Waals surface area contributed by atoms with Crippen LogP contribution in [0.1, 0.15) is 18.0 Å². The second-order valence-corrected chi connectivity index (χ2v) is 4.70. The number of halogens is 2. The van der Waals surface area contributed by atoms with Crippen LogP contribution in [0.15, 0.2) is 42.1 Å². The van der Waals surface area contributed by atoms with Gasteiger partial charge in [-0.2, -0.15) is 4.91 Å². The van der Waals surface area contributed by atoms with Gasteiger partial charge in [-0.3, -0.25) is 0 Å². The average molecular weight is 284 g/mol. The molecule has 1 unspecified atom stereocenters. The monoisotopic (exact) mass is 283 g/mol. The first-order chi connectivity index (χ1) is 8.70. The number of aryl methyl sites for hydroxylation is 1. The molecule has 2 rings (SSSR count). The number of nitrogens with zero attached hydrogens (tertiary/aromatic N) is 3.